The summed E-state index contributed by atoms with van der Waals surface area (Å²) < 4.78 is 0. The van der Waals surface area contributed by atoms with Gasteiger partial charge in [0.25, 0.3) is 5.54 Å². The quantitative estimate of drug-likeness (QED) is 0.580. The van der Waals surface area contributed by atoms with Gasteiger partial charge in [0.05, 0.1) is 17.3 Å². The molecule has 0 saturated carbocycles. The van der Waals surface area contributed by atoms with Gasteiger partial charge >= 0.3 is 0 Å². The Morgan fingerprint density at radius 3 is 2.89 bits per heavy atom. The average molecular weight is 242 g/mol. The third-order valence-electron chi connectivity index (χ3n) is 3.00. The number of aliphatic imine (C=N–C) groups is 1. The van der Waals surface area contributed by atoms with E-state index >= 15 is 0 Å². The van der Waals surface area contributed by atoms with Gasteiger partial charge in [0.2, 0.25) is 6.04 Å². The summed E-state index contributed by atoms with van der Waals surface area (Å²) in [5.74, 6) is 0. The Labute approximate surface area is 103 Å². The molecule has 0 bridgehead atoms. The number of nitro groups is 1. The van der Waals surface area contributed by atoms with Crippen LogP contribution >= 0.6 is 0 Å². The lowest BCUT2D eigenvalue weighted by molar-refractivity contribution is -0.547. The van der Waals surface area contributed by atoms with Crippen molar-refractivity contribution < 1.29 is 4.92 Å². The standard InChI is InChI=1S/C12H10N4O2/c1-12(16(17)18)9(5-7-15-11(12)8-13)10-4-2-3-6-14-10/h2-7,11H,1H3. The zero-order valence-electron chi connectivity index (χ0n) is 9.65. The van der Waals surface area contributed by atoms with E-state index in [1.807, 2.05) is 6.07 Å². The molecule has 1 aliphatic heterocycles. The van der Waals surface area contributed by atoms with Gasteiger partial charge in [-0.15, -0.1) is 0 Å². The number of dihydropyridines is 1. The first-order valence-corrected chi connectivity index (χ1v) is 5.30. The molecule has 0 aromatic carbocycles. The second kappa shape index (κ2) is 4.37. The highest BCUT2D eigenvalue weighted by molar-refractivity contribution is 5.89. The van der Waals surface area contributed by atoms with Crippen molar-refractivity contribution in [2.75, 3.05) is 0 Å². The van der Waals surface area contributed by atoms with Gasteiger partial charge < -0.3 is 0 Å². The molecule has 0 saturated heterocycles. The number of allylic oxidation sites excluding steroid dienone is 1. The summed E-state index contributed by atoms with van der Waals surface area (Å²) >= 11 is 0. The molecule has 2 heterocycles. The highest BCUT2D eigenvalue weighted by Crippen LogP contribution is 2.34. The molecule has 0 radical (unpaired) electrons. The molecule has 0 amide bonds. The van der Waals surface area contributed by atoms with Gasteiger partial charge in [0.15, 0.2) is 0 Å². The van der Waals surface area contributed by atoms with Crippen molar-refractivity contribution >= 4 is 11.8 Å². The van der Waals surface area contributed by atoms with E-state index in [0.717, 1.165) is 0 Å². The number of hydrogen-bond acceptors (Lipinski definition) is 5. The number of pyridine rings is 1. The molecule has 18 heavy (non-hydrogen) atoms. The zero-order chi connectivity index (χ0) is 13.2. The first-order valence-electron chi connectivity index (χ1n) is 5.30. The fourth-order valence-electron chi connectivity index (χ4n) is 1.89. The minimum absolute atomic E-state index is 0.398. The van der Waals surface area contributed by atoms with Crippen molar-refractivity contribution in [1.29, 1.82) is 5.26 Å². The fourth-order valence-corrected chi connectivity index (χ4v) is 1.89. The molecular formula is C12H10N4O2. The van der Waals surface area contributed by atoms with Gasteiger partial charge in [-0.3, -0.25) is 20.1 Å². The SMILES string of the molecule is CC1([N+](=O)[O-])C(c2ccccn2)=CC=NC1C#N. The molecule has 2 atom stereocenters. The molecule has 0 aliphatic carbocycles. The van der Waals surface area contributed by atoms with Gasteiger partial charge in [-0.05, 0) is 18.2 Å². The van der Waals surface area contributed by atoms with E-state index < -0.39 is 16.5 Å². The first kappa shape index (κ1) is 11.9. The van der Waals surface area contributed by atoms with Gasteiger partial charge in [0.1, 0.15) is 0 Å². The number of hydrogen-bond donors (Lipinski definition) is 0. The maximum absolute atomic E-state index is 11.3. The molecule has 2 unspecified atom stereocenters. The van der Waals surface area contributed by atoms with Crippen LogP contribution in [0.25, 0.3) is 5.57 Å². The van der Waals surface area contributed by atoms with Crippen molar-refractivity contribution in [2.24, 2.45) is 4.99 Å². The Morgan fingerprint density at radius 1 is 1.56 bits per heavy atom. The van der Waals surface area contributed by atoms with Crippen LogP contribution < -0.4 is 0 Å². The summed E-state index contributed by atoms with van der Waals surface area (Å²) in [6.07, 6.45) is 4.52. The van der Waals surface area contributed by atoms with Crippen molar-refractivity contribution in [3.63, 3.8) is 0 Å². The van der Waals surface area contributed by atoms with E-state index in [4.69, 9.17) is 5.26 Å². The van der Waals surface area contributed by atoms with Gasteiger partial charge in [-0.25, -0.2) is 0 Å². The number of nitrogens with zero attached hydrogens (tertiary/aromatic N) is 4. The van der Waals surface area contributed by atoms with Gasteiger partial charge in [0, 0.05) is 24.3 Å². The third kappa shape index (κ3) is 1.66. The molecule has 90 valence electrons. The normalized spacial score (nSPS) is 26.2. The largest absolute Gasteiger partial charge is 0.281 e. The summed E-state index contributed by atoms with van der Waals surface area (Å²) in [5, 5.41) is 20.4. The molecule has 0 fully saturated rings. The molecule has 0 N–H and O–H groups in total. The number of rotatable bonds is 2. The second-order valence-electron chi connectivity index (χ2n) is 4.03. The molecule has 6 nitrogen and oxygen atoms in total. The van der Waals surface area contributed by atoms with Crippen molar-refractivity contribution in [3.05, 3.63) is 46.3 Å². The van der Waals surface area contributed by atoms with Crippen molar-refractivity contribution in [2.45, 2.75) is 18.5 Å². The monoisotopic (exact) mass is 242 g/mol. The summed E-state index contributed by atoms with van der Waals surface area (Å²) in [5.41, 5.74) is -0.685. The lowest BCUT2D eigenvalue weighted by atomic mass is 9.82. The van der Waals surface area contributed by atoms with E-state index in [2.05, 4.69) is 9.98 Å². The number of aromatic nitrogens is 1. The average Bonchev–Trinajstić information content (AvgIpc) is 2.39. The Kier molecular flexibility index (Phi) is 2.90. The van der Waals surface area contributed by atoms with Gasteiger partial charge in [-0.1, -0.05) is 6.07 Å². The Bertz CT molecular complexity index is 573. The summed E-state index contributed by atoms with van der Waals surface area (Å²) in [7, 11) is 0. The molecule has 1 aromatic heterocycles. The summed E-state index contributed by atoms with van der Waals surface area (Å²) in [4.78, 5) is 18.8. The Balaban J connectivity index is 2.58. The van der Waals surface area contributed by atoms with Crippen LogP contribution in [-0.2, 0) is 0 Å². The lowest BCUT2D eigenvalue weighted by Crippen LogP contribution is -2.47. The molecule has 6 heteroatoms. The van der Waals surface area contributed by atoms with Crippen molar-refractivity contribution in [3.8, 4) is 6.07 Å². The fraction of sp³-hybridized carbons (Fsp3) is 0.250. The molecular weight excluding hydrogens is 232 g/mol. The van der Waals surface area contributed by atoms with Crippen LogP contribution in [0.5, 0.6) is 0 Å². The zero-order valence-corrected chi connectivity index (χ0v) is 9.65. The van der Waals surface area contributed by atoms with E-state index in [1.165, 1.54) is 13.1 Å². The maximum atomic E-state index is 11.3. The predicted octanol–water partition coefficient (Wildman–Crippen LogP) is 1.48. The van der Waals surface area contributed by atoms with E-state index in [0.29, 0.717) is 11.3 Å². The second-order valence-corrected chi connectivity index (χ2v) is 4.03. The van der Waals surface area contributed by atoms with Crippen molar-refractivity contribution in [1.82, 2.24) is 4.98 Å². The topological polar surface area (TPSA) is 92.2 Å². The van der Waals surface area contributed by atoms with Gasteiger partial charge in [-0.2, -0.15) is 5.26 Å². The van der Waals surface area contributed by atoms with Crippen LogP contribution in [0.1, 0.15) is 12.6 Å². The summed E-state index contributed by atoms with van der Waals surface area (Å²) in [6, 6.07) is 5.98. The minimum Gasteiger partial charge on any atom is -0.267 e. The van der Waals surface area contributed by atoms with E-state index in [-0.39, 0.29) is 0 Å². The minimum atomic E-state index is -1.57. The molecule has 1 aliphatic rings. The number of nitriles is 1. The van der Waals surface area contributed by atoms with Crippen LogP contribution in [0, 0.1) is 21.4 Å². The lowest BCUT2D eigenvalue weighted by Gasteiger charge is -2.27. The molecule has 0 spiro atoms. The highest BCUT2D eigenvalue weighted by atomic mass is 16.6. The summed E-state index contributed by atoms with van der Waals surface area (Å²) in [6.45, 7) is 1.40. The Hall–Kier alpha value is -2.55. The van der Waals surface area contributed by atoms with E-state index in [9.17, 15) is 10.1 Å². The maximum Gasteiger partial charge on any atom is 0.281 e. The Morgan fingerprint density at radius 2 is 2.33 bits per heavy atom. The smallest absolute Gasteiger partial charge is 0.267 e. The van der Waals surface area contributed by atoms with E-state index in [1.54, 1.807) is 30.5 Å². The third-order valence-corrected chi connectivity index (χ3v) is 3.00. The highest BCUT2D eigenvalue weighted by Gasteiger charge is 2.52. The van der Waals surface area contributed by atoms with Crippen LogP contribution in [0.2, 0.25) is 0 Å². The predicted molar refractivity (Wildman–Crippen MR) is 65.5 cm³/mol. The first-order chi connectivity index (χ1) is 8.60. The van der Waals surface area contributed by atoms with Crippen LogP contribution in [0.15, 0.2) is 35.5 Å². The van der Waals surface area contributed by atoms with Crippen LogP contribution in [-0.4, -0.2) is 27.7 Å². The van der Waals surface area contributed by atoms with Crippen LogP contribution in [0.3, 0.4) is 0 Å². The molecule has 1 aromatic rings. The molecule has 2 rings (SSSR count). The van der Waals surface area contributed by atoms with Crippen LogP contribution in [0.4, 0.5) is 0 Å².